The summed E-state index contributed by atoms with van der Waals surface area (Å²) in [6, 6.07) is 22.6. The van der Waals surface area contributed by atoms with Crippen molar-refractivity contribution in [2.45, 2.75) is 25.7 Å². The van der Waals surface area contributed by atoms with Crippen LogP contribution in [0.1, 0.15) is 35.2 Å². The molecule has 1 amide bonds. The number of halogens is 1. The molecule has 0 N–H and O–H groups in total. The Kier molecular flexibility index (Phi) is 10.1. The molecule has 0 fully saturated rings. The maximum atomic E-state index is 13.1. The summed E-state index contributed by atoms with van der Waals surface area (Å²) < 4.78 is 7.57. The number of benzene rings is 2. The molecule has 7 heteroatoms. The minimum absolute atomic E-state index is 0. The molecule has 0 aliphatic heterocycles. The zero-order chi connectivity index (χ0) is 24.5. The number of amides is 1. The van der Waals surface area contributed by atoms with Gasteiger partial charge in [0.05, 0.1) is 12.1 Å². The van der Waals surface area contributed by atoms with E-state index >= 15 is 0 Å². The summed E-state index contributed by atoms with van der Waals surface area (Å²) in [5.74, 6) is 0.866. The molecule has 6 nitrogen and oxygen atoms in total. The van der Waals surface area contributed by atoms with Crippen LogP contribution in [0, 0.1) is 0 Å². The predicted octanol–water partition coefficient (Wildman–Crippen LogP) is 5.29. The number of aryl methyl sites for hydroxylation is 1. The van der Waals surface area contributed by atoms with Gasteiger partial charge in [-0.15, -0.1) is 12.4 Å². The number of hydrogen-bond acceptors (Lipinski definition) is 4. The SMILES string of the molecule is Cl.Cn1c(=O)ccc2cc(OCCCCCN(CCc3cccnc3)C(=O)c3ccccc3)ccc21. The fraction of sp³-hybridized carbons (Fsp3) is 0.276. The molecule has 0 unspecified atom stereocenters. The van der Waals surface area contributed by atoms with E-state index in [9.17, 15) is 9.59 Å². The summed E-state index contributed by atoms with van der Waals surface area (Å²) in [7, 11) is 1.77. The van der Waals surface area contributed by atoms with Gasteiger partial charge in [-0.2, -0.15) is 0 Å². The second-order valence-corrected chi connectivity index (χ2v) is 8.63. The normalized spacial score (nSPS) is 10.6. The van der Waals surface area contributed by atoms with E-state index in [1.807, 2.05) is 77.8 Å². The molecule has 0 atom stereocenters. The van der Waals surface area contributed by atoms with Crippen LogP contribution < -0.4 is 10.3 Å². The molecular weight excluding hydrogens is 474 g/mol. The van der Waals surface area contributed by atoms with Crippen LogP contribution in [0.25, 0.3) is 10.9 Å². The van der Waals surface area contributed by atoms with E-state index in [0.29, 0.717) is 19.7 Å². The summed E-state index contributed by atoms with van der Waals surface area (Å²) in [5.41, 5.74) is 2.71. The fourth-order valence-electron chi connectivity index (χ4n) is 4.11. The van der Waals surface area contributed by atoms with Gasteiger partial charge in [-0.05, 0) is 73.7 Å². The largest absolute Gasteiger partial charge is 0.494 e. The van der Waals surface area contributed by atoms with Gasteiger partial charge in [0.15, 0.2) is 0 Å². The average molecular weight is 506 g/mol. The Hall–Kier alpha value is -3.64. The molecule has 0 aliphatic rings. The van der Waals surface area contributed by atoms with Gasteiger partial charge in [0.1, 0.15) is 5.75 Å². The Bertz CT molecular complexity index is 1310. The van der Waals surface area contributed by atoms with Crippen LogP contribution in [0.2, 0.25) is 0 Å². The summed E-state index contributed by atoms with van der Waals surface area (Å²) in [4.78, 5) is 31.0. The second kappa shape index (κ2) is 13.4. The van der Waals surface area contributed by atoms with Gasteiger partial charge in [-0.25, -0.2) is 0 Å². The molecule has 2 heterocycles. The number of aromatic nitrogens is 2. The maximum absolute atomic E-state index is 13.1. The monoisotopic (exact) mass is 505 g/mol. The highest BCUT2D eigenvalue weighted by molar-refractivity contribution is 5.94. The summed E-state index contributed by atoms with van der Waals surface area (Å²) in [5, 5.41) is 0.980. The molecule has 4 aromatic rings. The lowest BCUT2D eigenvalue weighted by Gasteiger charge is -2.23. The van der Waals surface area contributed by atoms with E-state index in [1.165, 1.54) is 0 Å². The van der Waals surface area contributed by atoms with Gasteiger partial charge < -0.3 is 14.2 Å². The van der Waals surface area contributed by atoms with E-state index in [2.05, 4.69) is 4.98 Å². The Morgan fingerprint density at radius 1 is 0.944 bits per heavy atom. The van der Waals surface area contributed by atoms with E-state index in [4.69, 9.17) is 4.74 Å². The molecule has 4 rings (SSSR count). The maximum Gasteiger partial charge on any atom is 0.253 e. The molecule has 36 heavy (non-hydrogen) atoms. The zero-order valence-corrected chi connectivity index (χ0v) is 21.3. The molecule has 0 aliphatic carbocycles. The lowest BCUT2D eigenvalue weighted by Crippen LogP contribution is -2.34. The van der Waals surface area contributed by atoms with Crippen molar-refractivity contribution in [3.63, 3.8) is 0 Å². The molecule has 0 saturated heterocycles. The van der Waals surface area contributed by atoms with Crippen LogP contribution in [0.5, 0.6) is 5.75 Å². The van der Waals surface area contributed by atoms with E-state index in [-0.39, 0.29) is 23.9 Å². The highest BCUT2D eigenvalue weighted by atomic mass is 35.5. The highest BCUT2D eigenvalue weighted by Gasteiger charge is 2.15. The zero-order valence-electron chi connectivity index (χ0n) is 20.5. The smallest absolute Gasteiger partial charge is 0.253 e. The van der Waals surface area contributed by atoms with Gasteiger partial charge in [0.2, 0.25) is 0 Å². The van der Waals surface area contributed by atoms with Crippen LogP contribution in [-0.4, -0.2) is 40.1 Å². The number of fused-ring (bicyclic) bond motifs is 1. The number of nitrogens with zero attached hydrogens (tertiary/aromatic N) is 3. The molecule has 0 saturated carbocycles. The Morgan fingerprint density at radius 2 is 1.78 bits per heavy atom. The van der Waals surface area contributed by atoms with Crippen LogP contribution >= 0.6 is 12.4 Å². The van der Waals surface area contributed by atoms with Gasteiger partial charge in [-0.3, -0.25) is 14.6 Å². The molecule has 2 aromatic heterocycles. The number of pyridine rings is 2. The van der Waals surface area contributed by atoms with Crippen molar-refractivity contribution in [1.82, 2.24) is 14.5 Å². The molecule has 188 valence electrons. The third-order valence-corrected chi connectivity index (χ3v) is 6.14. The van der Waals surface area contributed by atoms with Crippen LogP contribution in [-0.2, 0) is 13.5 Å². The van der Waals surface area contributed by atoms with Crippen molar-refractivity contribution in [3.8, 4) is 5.75 Å². The van der Waals surface area contributed by atoms with Crippen molar-refractivity contribution < 1.29 is 9.53 Å². The van der Waals surface area contributed by atoms with E-state index in [1.54, 1.807) is 23.9 Å². The van der Waals surface area contributed by atoms with Crippen molar-refractivity contribution >= 4 is 29.2 Å². The molecule has 0 bridgehead atoms. The van der Waals surface area contributed by atoms with Crippen molar-refractivity contribution in [1.29, 1.82) is 0 Å². The van der Waals surface area contributed by atoms with Gasteiger partial charge in [0.25, 0.3) is 11.5 Å². The Morgan fingerprint density at radius 3 is 2.56 bits per heavy atom. The number of carbonyl (C=O) groups excluding carboxylic acids is 1. The Balaban J connectivity index is 0.00000361. The summed E-state index contributed by atoms with van der Waals surface area (Å²) in [6.07, 6.45) is 7.18. The minimum Gasteiger partial charge on any atom is -0.494 e. The third-order valence-electron chi connectivity index (χ3n) is 6.14. The lowest BCUT2D eigenvalue weighted by atomic mass is 10.1. The van der Waals surface area contributed by atoms with Gasteiger partial charge >= 0.3 is 0 Å². The van der Waals surface area contributed by atoms with Crippen LogP contribution in [0.4, 0.5) is 0 Å². The molecule has 0 radical (unpaired) electrons. The summed E-state index contributed by atoms with van der Waals surface area (Å²) >= 11 is 0. The van der Waals surface area contributed by atoms with Gasteiger partial charge in [-0.1, -0.05) is 24.3 Å². The Labute approximate surface area is 218 Å². The minimum atomic E-state index is -0.0219. The van der Waals surface area contributed by atoms with Crippen molar-refractivity contribution in [2.24, 2.45) is 7.05 Å². The predicted molar refractivity (Wildman–Crippen MR) is 146 cm³/mol. The van der Waals surface area contributed by atoms with Crippen LogP contribution in [0.3, 0.4) is 0 Å². The van der Waals surface area contributed by atoms with E-state index < -0.39 is 0 Å². The molecular formula is C29H32ClN3O3. The first-order chi connectivity index (χ1) is 17.1. The second-order valence-electron chi connectivity index (χ2n) is 8.63. The number of carbonyl (C=O) groups is 1. The number of unbranched alkanes of at least 4 members (excludes halogenated alkanes) is 2. The van der Waals surface area contributed by atoms with Crippen LogP contribution in [0.15, 0.2) is 90.0 Å². The summed E-state index contributed by atoms with van der Waals surface area (Å²) in [6.45, 7) is 1.98. The first kappa shape index (κ1) is 27.0. The molecule has 0 spiro atoms. The highest BCUT2D eigenvalue weighted by Crippen LogP contribution is 2.19. The standard InChI is InChI=1S/C29H31N3O3.ClH/c1-31-27-14-13-26(21-25(27)12-15-28(31)33)35-20-7-3-6-18-32(19-16-23-9-8-17-30-22-23)29(34)24-10-4-2-5-11-24;/h2,4-5,8-15,17,21-22H,3,6-7,16,18-20H2,1H3;1H. The first-order valence-corrected chi connectivity index (χ1v) is 12.1. The quantitative estimate of drug-likeness (QED) is 0.260. The average Bonchev–Trinajstić information content (AvgIpc) is 2.90. The van der Waals surface area contributed by atoms with E-state index in [0.717, 1.165) is 53.5 Å². The number of hydrogen-bond donors (Lipinski definition) is 0. The first-order valence-electron chi connectivity index (χ1n) is 12.1. The lowest BCUT2D eigenvalue weighted by molar-refractivity contribution is 0.0754. The number of ether oxygens (including phenoxy) is 1. The van der Waals surface area contributed by atoms with Crippen molar-refractivity contribution in [2.75, 3.05) is 19.7 Å². The third kappa shape index (κ3) is 7.18. The van der Waals surface area contributed by atoms with Gasteiger partial charge in [0, 0.05) is 49.5 Å². The fourth-order valence-corrected chi connectivity index (χ4v) is 4.11. The van der Waals surface area contributed by atoms with Crippen molar-refractivity contribution in [3.05, 3.63) is 107 Å². The molecule has 2 aromatic carbocycles. The topological polar surface area (TPSA) is 64.4 Å². The number of rotatable bonds is 11.